The van der Waals surface area contributed by atoms with E-state index in [-0.39, 0.29) is 0 Å². The quantitative estimate of drug-likeness (QED) is 0.731. The van der Waals surface area contributed by atoms with Crippen LogP contribution in [0.2, 0.25) is 0 Å². The van der Waals surface area contributed by atoms with E-state index in [2.05, 4.69) is 55.9 Å². The zero-order valence-corrected chi connectivity index (χ0v) is 12.8. The van der Waals surface area contributed by atoms with Gasteiger partial charge in [-0.05, 0) is 75.6 Å². The molecule has 0 bridgehead atoms. The van der Waals surface area contributed by atoms with E-state index in [1.807, 2.05) is 17.7 Å². The SMILES string of the molecule is Cc1cc(Br)c(-n2cc(C)[nH]c2=S)c(Br)c1. The molecular weight excluding hydrogens is 352 g/mol. The van der Waals surface area contributed by atoms with Crippen LogP contribution in [0.25, 0.3) is 5.69 Å². The molecule has 1 aromatic carbocycles. The summed E-state index contributed by atoms with van der Waals surface area (Å²) in [6.45, 7) is 4.04. The molecule has 1 aromatic heterocycles. The van der Waals surface area contributed by atoms with E-state index < -0.39 is 0 Å². The van der Waals surface area contributed by atoms with Gasteiger partial charge in [0.25, 0.3) is 0 Å². The predicted molar refractivity (Wildman–Crippen MR) is 75.8 cm³/mol. The fourth-order valence-electron chi connectivity index (χ4n) is 1.60. The smallest absolute Gasteiger partial charge is 0.182 e. The van der Waals surface area contributed by atoms with Gasteiger partial charge >= 0.3 is 0 Å². The summed E-state index contributed by atoms with van der Waals surface area (Å²) >= 11 is 12.4. The van der Waals surface area contributed by atoms with Crippen LogP contribution in [-0.2, 0) is 0 Å². The van der Waals surface area contributed by atoms with Crippen molar-refractivity contribution in [2.75, 3.05) is 0 Å². The summed E-state index contributed by atoms with van der Waals surface area (Å²) in [5, 5.41) is 0. The molecule has 0 radical (unpaired) electrons. The molecule has 0 aliphatic heterocycles. The Morgan fingerprint density at radius 2 is 1.75 bits per heavy atom. The first-order valence-corrected chi connectivity index (χ1v) is 6.73. The Morgan fingerprint density at radius 1 is 1.19 bits per heavy atom. The van der Waals surface area contributed by atoms with Crippen molar-refractivity contribution in [3.63, 3.8) is 0 Å². The molecule has 16 heavy (non-hydrogen) atoms. The number of imidazole rings is 1. The summed E-state index contributed by atoms with van der Waals surface area (Å²) in [7, 11) is 0. The number of hydrogen-bond donors (Lipinski definition) is 1. The standard InChI is InChI=1S/C11H10Br2N2S/c1-6-3-8(12)10(9(13)4-6)15-5-7(2)14-11(15)16/h3-5H,1-2H3,(H,14,16). The lowest BCUT2D eigenvalue weighted by Crippen LogP contribution is -1.96. The number of hydrogen-bond acceptors (Lipinski definition) is 1. The van der Waals surface area contributed by atoms with E-state index in [1.165, 1.54) is 5.56 Å². The number of halogens is 2. The minimum atomic E-state index is 0.697. The Balaban J connectivity index is 2.74. The van der Waals surface area contributed by atoms with Crippen LogP contribution in [0.4, 0.5) is 0 Å². The average Bonchev–Trinajstić information content (AvgIpc) is 2.43. The molecule has 2 rings (SSSR count). The maximum absolute atomic E-state index is 5.27. The van der Waals surface area contributed by atoms with Crippen molar-refractivity contribution in [3.8, 4) is 5.69 Å². The lowest BCUT2D eigenvalue weighted by Gasteiger charge is -2.09. The number of aromatic amines is 1. The third-order valence-electron chi connectivity index (χ3n) is 2.25. The Kier molecular flexibility index (Phi) is 3.37. The van der Waals surface area contributed by atoms with E-state index in [1.54, 1.807) is 0 Å². The highest BCUT2D eigenvalue weighted by molar-refractivity contribution is 9.11. The molecule has 1 N–H and O–H groups in total. The van der Waals surface area contributed by atoms with E-state index in [0.717, 1.165) is 20.3 Å². The van der Waals surface area contributed by atoms with Crippen molar-refractivity contribution >= 4 is 44.1 Å². The molecule has 0 spiro atoms. The number of H-pyrrole nitrogens is 1. The number of rotatable bonds is 1. The molecule has 2 nitrogen and oxygen atoms in total. The third-order valence-corrected chi connectivity index (χ3v) is 3.76. The predicted octanol–water partition coefficient (Wildman–Crippen LogP) is 4.68. The summed E-state index contributed by atoms with van der Waals surface area (Å²) in [6.07, 6.45) is 1.99. The van der Waals surface area contributed by atoms with E-state index >= 15 is 0 Å². The second kappa shape index (κ2) is 4.47. The number of nitrogens with zero attached hydrogens (tertiary/aromatic N) is 1. The van der Waals surface area contributed by atoms with Crippen LogP contribution >= 0.6 is 44.1 Å². The van der Waals surface area contributed by atoms with Crippen molar-refractivity contribution < 1.29 is 0 Å². The van der Waals surface area contributed by atoms with Gasteiger partial charge in [-0.25, -0.2) is 0 Å². The van der Waals surface area contributed by atoms with Crippen LogP contribution < -0.4 is 0 Å². The molecule has 0 saturated carbocycles. The highest BCUT2D eigenvalue weighted by Crippen LogP contribution is 2.31. The molecule has 84 valence electrons. The first-order valence-electron chi connectivity index (χ1n) is 4.73. The summed E-state index contributed by atoms with van der Waals surface area (Å²) in [5.74, 6) is 0. The molecule has 0 saturated heterocycles. The van der Waals surface area contributed by atoms with Gasteiger partial charge in [-0.1, -0.05) is 0 Å². The van der Waals surface area contributed by atoms with Crippen molar-refractivity contribution in [2.45, 2.75) is 13.8 Å². The molecule has 5 heteroatoms. The zero-order chi connectivity index (χ0) is 11.9. The highest BCUT2D eigenvalue weighted by atomic mass is 79.9. The van der Waals surface area contributed by atoms with E-state index in [0.29, 0.717) is 4.77 Å². The minimum absolute atomic E-state index is 0.697. The maximum atomic E-state index is 5.27. The van der Waals surface area contributed by atoms with Crippen molar-refractivity contribution in [2.24, 2.45) is 0 Å². The Bertz CT molecular complexity index is 575. The number of benzene rings is 1. The van der Waals surface area contributed by atoms with Crippen molar-refractivity contribution in [1.82, 2.24) is 9.55 Å². The minimum Gasteiger partial charge on any atom is -0.335 e. The first-order chi connectivity index (χ1) is 7.49. The molecule has 2 aromatic rings. The molecule has 1 heterocycles. The lowest BCUT2D eigenvalue weighted by molar-refractivity contribution is 1.02. The van der Waals surface area contributed by atoms with Crippen LogP contribution in [0.15, 0.2) is 27.3 Å². The Labute approximate surface area is 116 Å². The maximum Gasteiger partial charge on any atom is 0.182 e. The molecule has 0 aliphatic carbocycles. The second-order valence-electron chi connectivity index (χ2n) is 3.69. The first kappa shape index (κ1) is 12.1. The molecule has 0 aliphatic rings. The molecular formula is C11H10Br2N2S. The van der Waals surface area contributed by atoms with Gasteiger partial charge in [0.1, 0.15) is 0 Å². The Morgan fingerprint density at radius 3 is 2.19 bits per heavy atom. The van der Waals surface area contributed by atoms with Gasteiger partial charge in [0.2, 0.25) is 0 Å². The fourth-order valence-corrected chi connectivity index (χ4v) is 3.70. The Hall–Kier alpha value is -0.390. The van der Waals surface area contributed by atoms with Crippen LogP contribution in [0, 0.1) is 18.6 Å². The second-order valence-corrected chi connectivity index (χ2v) is 5.78. The molecule has 0 unspecified atom stereocenters. The topological polar surface area (TPSA) is 20.7 Å². The molecule has 0 atom stereocenters. The van der Waals surface area contributed by atoms with Gasteiger partial charge < -0.3 is 4.98 Å². The van der Waals surface area contributed by atoms with Gasteiger partial charge in [0.05, 0.1) is 5.69 Å². The largest absolute Gasteiger partial charge is 0.335 e. The van der Waals surface area contributed by atoms with E-state index in [4.69, 9.17) is 12.2 Å². The van der Waals surface area contributed by atoms with Crippen molar-refractivity contribution in [3.05, 3.63) is 43.3 Å². The van der Waals surface area contributed by atoms with Gasteiger partial charge in [-0.3, -0.25) is 4.57 Å². The van der Waals surface area contributed by atoms with E-state index in [9.17, 15) is 0 Å². The highest BCUT2D eigenvalue weighted by Gasteiger charge is 2.09. The number of nitrogens with one attached hydrogen (secondary N) is 1. The van der Waals surface area contributed by atoms with Crippen LogP contribution in [-0.4, -0.2) is 9.55 Å². The average molecular weight is 362 g/mol. The normalized spacial score (nSPS) is 10.8. The van der Waals surface area contributed by atoms with Crippen LogP contribution in [0.5, 0.6) is 0 Å². The summed E-state index contributed by atoms with van der Waals surface area (Å²) in [4.78, 5) is 3.11. The zero-order valence-electron chi connectivity index (χ0n) is 8.84. The summed E-state index contributed by atoms with van der Waals surface area (Å²) in [5.41, 5.74) is 3.27. The van der Waals surface area contributed by atoms with Gasteiger partial charge in [-0.2, -0.15) is 0 Å². The van der Waals surface area contributed by atoms with Crippen LogP contribution in [0.3, 0.4) is 0 Å². The van der Waals surface area contributed by atoms with Crippen LogP contribution in [0.1, 0.15) is 11.3 Å². The number of aryl methyl sites for hydroxylation is 2. The molecule has 0 amide bonds. The van der Waals surface area contributed by atoms with Gasteiger partial charge in [-0.15, -0.1) is 0 Å². The monoisotopic (exact) mass is 360 g/mol. The third kappa shape index (κ3) is 2.17. The van der Waals surface area contributed by atoms with Gasteiger partial charge in [0.15, 0.2) is 4.77 Å². The summed E-state index contributed by atoms with van der Waals surface area (Å²) < 4.78 is 4.70. The van der Waals surface area contributed by atoms with Crippen molar-refractivity contribution in [1.29, 1.82) is 0 Å². The molecule has 0 fully saturated rings. The fraction of sp³-hybridized carbons (Fsp3) is 0.182. The van der Waals surface area contributed by atoms with Gasteiger partial charge in [0, 0.05) is 20.8 Å². The summed E-state index contributed by atoms with van der Waals surface area (Å²) in [6, 6.07) is 4.15. The number of aromatic nitrogens is 2. The lowest BCUT2D eigenvalue weighted by atomic mass is 10.2.